The van der Waals surface area contributed by atoms with Crippen LogP contribution < -0.4 is 5.32 Å². The van der Waals surface area contributed by atoms with Gasteiger partial charge in [-0.3, -0.25) is 4.99 Å². The molecule has 0 amide bonds. The molecular formula is C17H26N2S. The third-order valence-electron chi connectivity index (χ3n) is 3.82. The van der Waals surface area contributed by atoms with E-state index in [0.29, 0.717) is 11.5 Å². The van der Waals surface area contributed by atoms with E-state index in [4.69, 9.17) is 4.99 Å². The van der Waals surface area contributed by atoms with E-state index in [1.807, 2.05) is 11.8 Å². The van der Waals surface area contributed by atoms with Gasteiger partial charge in [-0.05, 0) is 29.4 Å². The maximum absolute atomic E-state index is 4.74. The Labute approximate surface area is 127 Å². The normalized spacial score (nSPS) is 21.8. The molecule has 20 heavy (non-hydrogen) atoms. The molecule has 1 aliphatic heterocycles. The van der Waals surface area contributed by atoms with Crippen molar-refractivity contribution in [1.29, 1.82) is 0 Å². The number of hydrogen-bond acceptors (Lipinski definition) is 2. The minimum absolute atomic E-state index is 0.296. The molecule has 1 saturated heterocycles. The molecule has 0 radical (unpaired) electrons. The van der Waals surface area contributed by atoms with Gasteiger partial charge in [-0.15, -0.1) is 0 Å². The molecule has 3 heteroatoms. The zero-order valence-corrected chi connectivity index (χ0v) is 13.9. The van der Waals surface area contributed by atoms with Gasteiger partial charge in [0, 0.05) is 11.8 Å². The van der Waals surface area contributed by atoms with Gasteiger partial charge < -0.3 is 5.32 Å². The smallest absolute Gasteiger partial charge is 0.157 e. The number of aryl methyl sites for hydroxylation is 1. The Bertz CT molecular complexity index is 457. The van der Waals surface area contributed by atoms with Crippen LogP contribution in [0.25, 0.3) is 0 Å². The van der Waals surface area contributed by atoms with Crippen LogP contribution in [0.3, 0.4) is 0 Å². The lowest BCUT2D eigenvalue weighted by Crippen LogP contribution is -2.46. The summed E-state index contributed by atoms with van der Waals surface area (Å²) in [5.74, 6) is 1.17. The van der Waals surface area contributed by atoms with Crippen LogP contribution in [0.15, 0.2) is 29.3 Å². The van der Waals surface area contributed by atoms with Crippen molar-refractivity contribution < 1.29 is 0 Å². The first-order valence-corrected chi connectivity index (χ1v) is 8.49. The molecule has 1 aliphatic rings. The highest BCUT2D eigenvalue weighted by Crippen LogP contribution is 2.27. The summed E-state index contributed by atoms with van der Waals surface area (Å²) in [5.41, 5.74) is 2.97. The van der Waals surface area contributed by atoms with E-state index in [9.17, 15) is 0 Å². The second-order valence-electron chi connectivity index (χ2n) is 6.49. The maximum atomic E-state index is 4.74. The Morgan fingerprint density at radius 3 is 2.45 bits per heavy atom. The zero-order valence-electron chi connectivity index (χ0n) is 13.1. The van der Waals surface area contributed by atoms with Gasteiger partial charge in [0.2, 0.25) is 0 Å². The average molecular weight is 290 g/mol. The lowest BCUT2D eigenvalue weighted by atomic mass is 9.85. The summed E-state index contributed by atoms with van der Waals surface area (Å²) in [7, 11) is 0. The minimum atomic E-state index is 0.296. The number of hydrogen-bond donors (Lipinski definition) is 1. The van der Waals surface area contributed by atoms with Crippen LogP contribution in [0.2, 0.25) is 0 Å². The van der Waals surface area contributed by atoms with Gasteiger partial charge in [0.15, 0.2) is 5.17 Å². The van der Waals surface area contributed by atoms with Crippen LogP contribution in [0, 0.1) is 5.41 Å². The van der Waals surface area contributed by atoms with Crippen LogP contribution in [-0.4, -0.2) is 17.0 Å². The van der Waals surface area contributed by atoms with E-state index in [1.165, 1.54) is 23.3 Å². The van der Waals surface area contributed by atoms with E-state index in [1.54, 1.807) is 0 Å². The summed E-state index contributed by atoms with van der Waals surface area (Å²) in [6.45, 7) is 9.84. The summed E-state index contributed by atoms with van der Waals surface area (Å²) in [4.78, 5) is 4.74. The molecule has 110 valence electrons. The number of nitrogens with one attached hydrogen (secondary N) is 1. The van der Waals surface area contributed by atoms with Gasteiger partial charge in [0.05, 0.1) is 6.54 Å². The first-order valence-electron chi connectivity index (χ1n) is 7.50. The topological polar surface area (TPSA) is 24.4 Å². The molecule has 1 aromatic carbocycles. The van der Waals surface area contributed by atoms with E-state index in [-0.39, 0.29) is 0 Å². The Morgan fingerprint density at radius 1 is 1.20 bits per heavy atom. The van der Waals surface area contributed by atoms with Gasteiger partial charge in [-0.2, -0.15) is 0 Å². The largest absolute Gasteiger partial charge is 0.362 e. The van der Waals surface area contributed by atoms with Gasteiger partial charge in [-0.25, -0.2) is 0 Å². The Kier molecular flexibility index (Phi) is 5.14. The van der Waals surface area contributed by atoms with Crippen molar-refractivity contribution in [2.75, 3.05) is 5.75 Å². The second-order valence-corrected chi connectivity index (χ2v) is 7.58. The fourth-order valence-electron chi connectivity index (χ4n) is 2.32. The molecule has 1 heterocycles. The fraction of sp³-hybridized carbons (Fsp3) is 0.588. The fourth-order valence-corrected chi connectivity index (χ4v) is 3.25. The average Bonchev–Trinajstić information content (AvgIpc) is 2.45. The molecule has 0 bridgehead atoms. The quantitative estimate of drug-likeness (QED) is 0.900. The number of rotatable bonds is 3. The van der Waals surface area contributed by atoms with Gasteiger partial charge in [0.1, 0.15) is 0 Å². The predicted octanol–water partition coefficient (Wildman–Crippen LogP) is 4.25. The monoisotopic (exact) mass is 290 g/mol. The zero-order chi connectivity index (χ0) is 14.6. The summed E-state index contributed by atoms with van der Waals surface area (Å²) in [5, 5.41) is 4.71. The minimum Gasteiger partial charge on any atom is -0.362 e. The number of aliphatic imine (C=N–C) groups is 1. The van der Waals surface area contributed by atoms with Gasteiger partial charge >= 0.3 is 0 Å². The first kappa shape index (κ1) is 15.4. The van der Waals surface area contributed by atoms with Crippen LogP contribution in [0.5, 0.6) is 0 Å². The number of benzene rings is 1. The highest BCUT2D eigenvalue weighted by atomic mass is 32.2. The molecule has 1 atom stereocenters. The molecule has 0 spiro atoms. The molecule has 0 saturated carbocycles. The molecule has 2 rings (SSSR count). The highest BCUT2D eigenvalue weighted by Gasteiger charge is 2.28. The molecule has 0 aromatic heterocycles. The van der Waals surface area contributed by atoms with Crippen molar-refractivity contribution in [3.05, 3.63) is 35.4 Å². The van der Waals surface area contributed by atoms with E-state index in [2.05, 4.69) is 57.3 Å². The van der Waals surface area contributed by atoms with Crippen molar-refractivity contribution >= 4 is 16.9 Å². The Hall–Kier alpha value is -0.960. The van der Waals surface area contributed by atoms with Crippen LogP contribution in [-0.2, 0) is 13.0 Å². The van der Waals surface area contributed by atoms with Crippen molar-refractivity contribution in [2.24, 2.45) is 10.4 Å². The summed E-state index contributed by atoms with van der Waals surface area (Å²) >= 11 is 1.85. The van der Waals surface area contributed by atoms with E-state index in [0.717, 1.165) is 18.1 Å². The molecule has 1 aromatic rings. The number of amidine groups is 1. The van der Waals surface area contributed by atoms with Crippen LogP contribution in [0.4, 0.5) is 0 Å². The van der Waals surface area contributed by atoms with Crippen molar-refractivity contribution in [3.63, 3.8) is 0 Å². The Morgan fingerprint density at radius 2 is 1.85 bits per heavy atom. The number of thioether (sulfide) groups is 1. The van der Waals surface area contributed by atoms with Gasteiger partial charge in [-0.1, -0.05) is 63.7 Å². The predicted molar refractivity (Wildman–Crippen MR) is 90.4 cm³/mol. The molecule has 1 fully saturated rings. The van der Waals surface area contributed by atoms with Crippen molar-refractivity contribution in [1.82, 2.24) is 5.32 Å². The van der Waals surface area contributed by atoms with Crippen LogP contribution in [0.1, 0.15) is 45.2 Å². The molecule has 1 unspecified atom stereocenters. The van der Waals surface area contributed by atoms with Crippen LogP contribution >= 0.6 is 11.8 Å². The SMILES string of the molecule is CCc1ccc(CN=C2NC(C(C)(C)C)CCS2)cc1. The molecular weight excluding hydrogens is 264 g/mol. The summed E-state index contributed by atoms with van der Waals surface area (Å²) < 4.78 is 0. The molecule has 2 nitrogen and oxygen atoms in total. The van der Waals surface area contributed by atoms with E-state index >= 15 is 0 Å². The second kappa shape index (κ2) is 6.66. The number of nitrogens with zero attached hydrogens (tertiary/aromatic N) is 1. The Balaban J connectivity index is 1.96. The summed E-state index contributed by atoms with van der Waals surface area (Å²) in [6, 6.07) is 9.32. The summed E-state index contributed by atoms with van der Waals surface area (Å²) in [6.07, 6.45) is 2.32. The maximum Gasteiger partial charge on any atom is 0.157 e. The lowest BCUT2D eigenvalue weighted by molar-refractivity contribution is 0.290. The van der Waals surface area contributed by atoms with Gasteiger partial charge in [0.25, 0.3) is 0 Å². The highest BCUT2D eigenvalue weighted by molar-refractivity contribution is 8.13. The van der Waals surface area contributed by atoms with Crippen molar-refractivity contribution in [2.45, 2.75) is 53.1 Å². The van der Waals surface area contributed by atoms with Crippen molar-refractivity contribution in [3.8, 4) is 0 Å². The lowest BCUT2D eigenvalue weighted by Gasteiger charge is -2.35. The molecule has 1 N–H and O–H groups in total. The first-order chi connectivity index (χ1) is 9.49. The standard InChI is InChI=1S/C17H26N2S/c1-5-13-6-8-14(9-7-13)12-18-16-19-15(10-11-20-16)17(2,3)4/h6-9,15H,5,10-12H2,1-4H3,(H,18,19). The van der Waals surface area contributed by atoms with E-state index < -0.39 is 0 Å². The third kappa shape index (κ3) is 4.27. The third-order valence-corrected chi connectivity index (χ3v) is 4.79. The molecule has 0 aliphatic carbocycles.